The number of nitrogens with zero attached hydrogens (tertiary/aromatic N) is 3. The molecule has 3 N–H and O–H groups in total. The number of hydrogen-bond acceptors (Lipinski definition) is 6. The molecule has 166 valence electrons. The predicted molar refractivity (Wildman–Crippen MR) is 123 cm³/mol. The molecule has 1 saturated heterocycles. The maximum Gasteiger partial charge on any atom is 0.430 e. The van der Waals surface area contributed by atoms with Gasteiger partial charge >= 0.3 is 6.09 Å². The van der Waals surface area contributed by atoms with Gasteiger partial charge in [0.25, 0.3) is 0 Å². The fourth-order valence-corrected chi connectivity index (χ4v) is 4.81. The van der Waals surface area contributed by atoms with Gasteiger partial charge in [-0.25, -0.2) is 4.79 Å². The normalized spacial score (nSPS) is 18.8. The Morgan fingerprint density at radius 2 is 2.26 bits per heavy atom. The highest BCUT2D eigenvalue weighted by Gasteiger charge is 2.27. The zero-order chi connectivity index (χ0) is 21.8. The van der Waals surface area contributed by atoms with Gasteiger partial charge in [0.15, 0.2) is 0 Å². The van der Waals surface area contributed by atoms with Gasteiger partial charge in [-0.3, -0.25) is 10.00 Å². The number of anilines is 1. The number of hydrogen-bond donors (Lipinski definition) is 2. The minimum atomic E-state index is -0.500. The van der Waals surface area contributed by atoms with Crippen molar-refractivity contribution in [2.24, 2.45) is 18.7 Å². The summed E-state index contributed by atoms with van der Waals surface area (Å²) in [5.74, 6) is 1.32. The minimum Gasteiger partial charge on any atom is -0.492 e. The second kappa shape index (κ2) is 9.84. The van der Waals surface area contributed by atoms with Crippen LogP contribution in [0.5, 0.6) is 5.75 Å². The van der Waals surface area contributed by atoms with Crippen LogP contribution in [0.3, 0.4) is 0 Å². The summed E-state index contributed by atoms with van der Waals surface area (Å²) in [6, 6.07) is 5.46. The summed E-state index contributed by atoms with van der Waals surface area (Å²) < 4.78 is 8.38. The quantitative estimate of drug-likeness (QED) is 0.593. The fraction of sp³-hybridized carbons (Fsp3) is 0.455. The van der Waals surface area contributed by atoms with Crippen molar-refractivity contribution in [3.63, 3.8) is 0 Å². The van der Waals surface area contributed by atoms with Gasteiger partial charge in [0.05, 0.1) is 22.9 Å². The van der Waals surface area contributed by atoms with E-state index in [1.165, 1.54) is 18.4 Å². The van der Waals surface area contributed by atoms with Crippen molar-refractivity contribution in [1.82, 2.24) is 14.8 Å². The Bertz CT molecular complexity index is 955. The number of fused-ring (bicyclic) bond motifs is 1. The number of ether oxygens (including phenoxy) is 1. The molecule has 1 fully saturated rings. The van der Waals surface area contributed by atoms with Gasteiger partial charge in [-0.05, 0) is 65.7 Å². The summed E-state index contributed by atoms with van der Waals surface area (Å²) >= 11 is 3.54. The monoisotopic (exact) mass is 489 g/mol. The van der Waals surface area contributed by atoms with E-state index in [2.05, 4.69) is 32.4 Å². The van der Waals surface area contributed by atoms with Crippen LogP contribution >= 0.6 is 15.9 Å². The number of aromatic nitrogens is 2. The highest BCUT2D eigenvalue weighted by molar-refractivity contribution is 9.10. The predicted octanol–water partition coefficient (Wildman–Crippen LogP) is 4.08. The largest absolute Gasteiger partial charge is 0.492 e. The Morgan fingerprint density at radius 1 is 1.39 bits per heavy atom. The first kappa shape index (κ1) is 21.9. The molecule has 1 unspecified atom stereocenters. The molecule has 9 heteroatoms. The molecule has 2 aliphatic rings. The Hall–Kier alpha value is -2.36. The molecule has 1 aromatic heterocycles. The molecule has 2 aromatic rings. The van der Waals surface area contributed by atoms with Crippen molar-refractivity contribution < 1.29 is 14.4 Å². The van der Waals surface area contributed by atoms with E-state index in [9.17, 15) is 4.79 Å². The van der Waals surface area contributed by atoms with Crippen LogP contribution in [0.4, 0.5) is 10.5 Å². The highest BCUT2D eigenvalue weighted by Crippen LogP contribution is 2.37. The molecular weight excluding hydrogens is 462 g/mol. The van der Waals surface area contributed by atoms with Crippen LogP contribution in [0, 0.1) is 5.92 Å². The number of aryl methyl sites for hydroxylation is 1. The van der Waals surface area contributed by atoms with Gasteiger partial charge < -0.3 is 15.3 Å². The first-order chi connectivity index (χ1) is 15.0. The smallest absolute Gasteiger partial charge is 0.430 e. The van der Waals surface area contributed by atoms with Crippen LogP contribution in [0.15, 0.2) is 40.5 Å². The first-order valence-corrected chi connectivity index (χ1v) is 11.4. The van der Waals surface area contributed by atoms with Crippen molar-refractivity contribution in [1.29, 1.82) is 0 Å². The Kier molecular flexibility index (Phi) is 6.94. The Balaban J connectivity index is 1.47. The number of carbonyl (C=O) groups excluding carboxylic acids is 1. The summed E-state index contributed by atoms with van der Waals surface area (Å²) in [7, 11) is 1.85. The van der Waals surface area contributed by atoms with E-state index in [1.807, 2.05) is 19.2 Å². The van der Waals surface area contributed by atoms with Crippen LogP contribution in [0.25, 0.3) is 11.3 Å². The minimum absolute atomic E-state index is 0.392. The lowest BCUT2D eigenvalue weighted by molar-refractivity contribution is -0.100. The fourth-order valence-electron chi connectivity index (χ4n) is 4.25. The van der Waals surface area contributed by atoms with E-state index in [-0.39, 0.29) is 0 Å². The van der Waals surface area contributed by atoms with E-state index in [0.29, 0.717) is 37.1 Å². The number of benzene rings is 1. The highest BCUT2D eigenvalue weighted by atomic mass is 79.9. The molecule has 1 aliphatic heterocycles. The SMILES string of the molecule is Cn1ncc(Br)c1-c1cc(NC(=O)ON2CCC3CCCC=C3C2)ccc1OCCN. The number of hydroxylamine groups is 2. The summed E-state index contributed by atoms with van der Waals surface area (Å²) in [4.78, 5) is 18.1. The summed E-state index contributed by atoms with van der Waals surface area (Å²) in [5, 5.41) is 8.87. The second-order valence-corrected chi connectivity index (χ2v) is 8.73. The third-order valence-electron chi connectivity index (χ3n) is 5.74. The van der Waals surface area contributed by atoms with Crippen LogP contribution in [0.2, 0.25) is 0 Å². The molecule has 0 radical (unpaired) electrons. The number of piperidine rings is 1. The molecule has 31 heavy (non-hydrogen) atoms. The van der Waals surface area contributed by atoms with E-state index in [1.54, 1.807) is 22.0 Å². The van der Waals surface area contributed by atoms with Gasteiger partial charge in [-0.1, -0.05) is 11.6 Å². The van der Waals surface area contributed by atoms with Gasteiger partial charge in [-0.15, -0.1) is 5.06 Å². The Labute approximate surface area is 190 Å². The lowest BCUT2D eigenvalue weighted by Gasteiger charge is -2.34. The molecule has 0 spiro atoms. The lowest BCUT2D eigenvalue weighted by atomic mass is 9.83. The zero-order valence-corrected chi connectivity index (χ0v) is 19.2. The molecular formula is C22H28BrN5O3. The van der Waals surface area contributed by atoms with Crippen LogP contribution in [-0.4, -0.2) is 47.2 Å². The first-order valence-electron chi connectivity index (χ1n) is 10.6. The summed E-state index contributed by atoms with van der Waals surface area (Å²) in [6.45, 7) is 2.25. The maximum absolute atomic E-state index is 12.6. The number of rotatable bonds is 6. The Morgan fingerprint density at radius 3 is 3.03 bits per heavy atom. The summed E-state index contributed by atoms with van der Waals surface area (Å²) in [5.41, 5.74) is 9.25. The maximum atomic E-state index is 12.6. The van der Waals surface area contributed by atoms with Gasteiger partial charge in [0, 0.05) is 31.4 Å². The average Bonchev–Trinajstić information content (AvgIpc) is 3.10. The molecule has 1 aliphatic carbocycles. The van der Waals surface area contributed by atoms with Crippen molar-refractivity contribution in [2.45, 2.75) is 25.7 Å². The number of allylic oxidation sites excluding steroid dienone is 1. The number of amides is 1. The average molecular weight is 490 g/mol. The van der Waals surface area contributed by atoms with Crippen LogP contribution < -0.4 is 15.8 Å². The molecule has 1 aromatic carbocycles. The topological polar surface area (TPSA) is 94.6 Å². The molecule has 4 rings (SSSR count). The van der Waals surface area contributed by atoms with E-state index < -0.39 is 6.09 Å². The molecule has 1 atom stereocenters. The third kappa shape index (κ3) is 5.11. The van der Waals surface area contributed by atoms with E-state index in [4.69, 9.17) is 15.3 Å². The lowest BCUT2D eigenvalue weighted by Crippen LogP contribution is -2.39. The third-order valence-corrected chi connectivity index (χ3v) is 6.32. The van der Waals surface area contributed by atoms with Crippen molar-refractivity contribution in [3.8, 4) is 17.0 Å². The van der Waals surface area contributed by atoms with Gasteiger partial charge in [-0.2, -0.15) is 5.10 Å². The molecule has 2 heterocycles. The number of nitrogens with two attached hydrogens (primary N) is 1. The van der Waals surface area contributed by atoms with Crippen molar-refractivity contribution >= 4 is 27.7 Å². The zero-order valence-electron chi connectivity index (χ0n) is 17.6. The van der Waals surface area contributed by atoms with Crippen LogP contribution in [0.1, 0.15) is 25.7 Å². The second-order valence-electron chi connectivity index (χ2n) is 7.88. The van der Waals surface area contributed by atoms with Crippen molar-refractivity contribution in [3.05, 3.63) is 40.5 Å². The molecule has 8 nitrogen and oxygen atoms in total. The van der Waals surface area contributed by atoms with Gasteiger partial charge in [0.1, 0.15) is 12.4 Å². The number of halogens is 1. The van der Waals surface area contributed by atoms with E-state index >= 15 is 0 Å². The number of nitrogens with one attached hydrogen (secondary N) is 1. The summed E-state index contributed by atoms with van der Waals surface area (Å²) in [6.07, 6.45) is 8.19. The number of carbonyl (C=O) groups is 1. The molecule has 1 amide bonds. The van der Waals surface area contributed by atoms with Crippen LogP contribution in [-0.2, 0) is 11.9 Å². The van der Waals surface area contributed by atoms with Crippen molar-refractivity contribution in [2.75, 3.05) is 31.6 Å². The molecule has 0 saturated carbocycles. The molecule has 0 bridgehead atoms. The standard InChI is InChI=1S/C22H28BrN5O3/c1-27-21(19(23)13-25-27)18-12-17(6-7-20(18)30-11-9-24)26-22(29)31-28-10-8-15-4-2-3-5-16(15)14-28/h5-7,12-13,15H,2-4,8-11,14,24H2,1H3,(H,26,29). The van der Waals surface area contributed by atoms with Gasteiger partial charge in [0.2, 0.25) is 0 Å². The van der Waals surface area contributed by atoms with E-state index in [0.717, 1.165) is 35.1 Å².